The second-order valence-corrected chi connectivity index (χ2v) is 7.69. The number of hydrogen-bond donors (Lipinski definition) is 0. The third kappa shape index (κ3) is 90.6. The first-order valence-electron chi connectivity index (χ1n) is 7.70. The second-order valence-electron chi connectivity index (χ2n) is 7.12. The van der Waals surface area contributed by atoms with Crippen molar-refractivity contribution in [1.82, 2.24) is 0 Å². The van der Waals surface area contributed by atoms with E-state index < -0.39 is 0 Å². The van der Waals surface area contributed by atoms with E-state index in [1.807, 2.05) is 0 Å². The van der Waals surface area contributed by atoms with Crippen LogP contribution in [0.4, 0.5) is 0 Å². The Bertz CT molecular complexity index is 124. The van der Waals surface area contributed by atoms with Crippen LogP contribution in [0.1, 0.15) is 81.1 Å². The first-order valence-corrected chi connectivity index (χ1v) is 8.85. The molecule has 21 heavy (non-hydrogen) atoms. The van der Waals surface area contributed by atoms with Crippen molar-refractivity contribution in [2.75, 3.05) is 11.5 Å². The summed E-state index contributed by atoms with van der Waals surface area (Å²) in [5.41, 5.74) is 0.713. The Kier molecular flexibility index (Phi) is 38.4. The molecule has 0 amide bonds. The number of rotatable bonds is 2. The van der Waals surface area contributed by atoms with Crippen LogP contribution < -0.4 is 0 Å². The van der Waals surface area contributed by atoms with Crippen molar-refractivity contribution in [3.63, 3.8) is 0 Å². The molecule has 0 aliphatic carbocycles. The summed E-state index contributed by atoms with van der Waals surface area (Å²) in [6.45, 7) is 24.3. The Morgan fingerprint density at radius 1 is 0.667 bits per heavy atom. The van der Waals surface area contributed by atoms with Gasteiger partial charge in [0.25, 0.3) is 0 Å². The van der Waals surface area contributed by atoms with Gasteiger partial charge in [-0.05, 0) is 0 Å². The number of hydrogen-bond acceptors (Lipinski definition) is 2. The summed E-state index contributed by atoms with van der Waals surface area (Å²) in [7, 11) is 0. The van der Waals surface area contributed by atoms with Crippen LogP contribution in [0.2, 0.25) is 0 Å². The van der Waals surface area contributed by atoms with E-state index in [4.69, 9.17) is 25.3 Å². The molecule has 0 aromatic carbocycles. The first-order chi connectivity index (χ1) is 8.95. The monoisotopic (exact) mass is 440 g/mol. The topological polar surface area (TPSA) is 0 Å². The van der Waals surface area contributed by atoms with Gasteiger partial charge in [0.1, 0.15) is 0 Å². The van der Waals surface area contributed by atoms with E-state index in [9.17, 15) is 0 Å². The normalized spacial score (nSPS) is 9.71. The van der Waals surface area contributed by atoms with Gasteiger partial charge in [-0.1, -0.05) is 106 Å². The summed E-state index contributed by atoms with van der Waals surface area (Å²) in [4.78, 5) is 0. The van der Waals surface area contributed by atoms with E-state index in [-0.39, 0.29) is 23.9 Å². The maximum atomic E-state index is 4.79. The smallest absolute Gasteiger partial charge is 0.792 e. The van der Waals surface area contributed by atoms with Gasteiger partial charge < -0.3 is 25.3 Å². The molecule has 0 saturated carbocycles. The third-order valence-corrected chi connectivity index (χ3v) is 3.31. The summed E-state index contributed by atoms with van der Waals surface area (Å²) in [5.74, 6) is 1.71. The first kappa shape index (κ1) is 34.0. The fourth-order valence-electron chi connectivity index (χ4n) is 0. The Hall–Kier alpha value is 1.50. The zero-order chi connectivity index (χ0) is 17.2. The van der Waals surface area contributed by atoms with E-state index in [1.54, 1.807) is 0 Å². The van der Waals surface area contributed by atoms with Crippen LogP contribution in [0.15, 0.2) is 0 Å². The molecule has 0 heterocycles. The molecule has 0 saturated heterocycles. The minimum Gasteiger partial charge on any atom is -0.792 e. The zero-order valence-corrected chi connectivity index (χ0v) is 20.5. The van der Waals surface area contributed by atoms with Crippen LogP contribution in [0.3, 0.4) is 0 Å². The van der Waals surface area contributed by atoms with Crippen LogP contribution >= 0.6 is 0 Å². The van der Waals surface area contributed by atoms with Crippen molar-refractivity contribution in [3.05, 3.63) is 13.8 Å². The van der Waals surface area contributed by atoms with Gasteiger partial charge in [0, 0.05) is 0 Å². The molecule has 0 aromatic rings. The molecule has 0 atom stereocenters. The molecular formula is C18H40S2Sn. The van der Waals surface area contributed by atoms with E-state index >= 15 is 0 Å². The van der Waals surface area contributed by atoms with Gasteiger partial charge in [0.05, 0.1) is 0 Å². The van der Waals surface area contributed by atoms with Crippen molar-refractivity contribution >= 4 is 49.2 Å². The Balaban J connectivity index is -0.0000000544. The van der Waals surface area contributed by atoms with Gasteiger partial charge >= 0.3 is 23.9 Å². The van der Waals surface area contributed by atoms with Gasteiger partial charge in [-0.15, -0.1) is 0 Å². The molecule has 0 nitrogen and oxygen atoms in total. The maximum absolute atomic E-state index is 4.79. The van der Waals surface area contributed by atoms with Gasteiger partial charge in [0.2, 0.25) is 0 Å². The van der Waals surface area contributed by atoms with Gasteiger partial charge in [-0.3, -0.25) is 0 Å². The Morgan fingerprint density at radius 2 is 0.762 bits per heavy atom. The van der Waals surface area contributed by atoms with Crippen LogP contribution in [-0.4, -0.2) is 35.4 Å². The second kappa shape index (κ2) is 23.8. The Labute approximate surface area is 165 Å². The average Bonchev–Trinajstić information content (AvgIpc) is 2.38. The zero-order valence-electron chi connectivity index (χ0n) is 16.0. The molecule has 0 aliphatic rings. The predicted molar refractivity (Wildman–Crippen MR) is 110 cm³/mol. The molecule has 0 bridgehead atoms. The quantitative estimate of drug-likeness (QED) is 0.381. The fourth-order valence-corrected chi connectivity index (χ4v) is 0. The van der Waals surface area contributed by atoms with Gasteiger partial charge in [-0.25, -0.2) is 0 Å². The van der Waals surface area contributed by atoms with E-state index in [0.29, 0.717) is 10.8 Å². The van der Waals surface area contributed by atoms with Crippen molar-refractivity contribution < 1.29 is 0 Å². The largest absolute Gasteiger partial charge is 2.00 e. The van der Waals surface area contributed by atoms with Crippen molar-refractivity contribution in [2.24, 2.45) is 10.8 Å². The number of unbranched alkanes of at least 4 members (excludes halogenated alkanes) is 2. The summed E-state index contributed by atoms with van der Waals surface area (Å²) >= 11 is 9.58. The molecule has 0 aliphatic heterocycles. The summed E-state index contributed by atoms with van der Waals surface area (Å²) in [6.07, 6.45) is 4.56. The van der Waals surface area contributed by atoms with Crippen molar-refractivity contribution in [1.29, 1.82) is 0 Å². The standard InChI is InChI=1S/2C5H12S.2C4H9.Sn/c2*1-5(2,3)4-6;2*1-3-4-2;/h2*6H,4H2,1-3H3;2*1,3-4H2,2H3;/q;;;;+2/p-2. The molecule has 3 heteroatoms. The Morgan fingerprint density at radius 3 is 0.762 bits per heavy atom. The molecular weight excluding hydrogens is 399 g/mol. The van der Waals surface area contributed by atoms with Crippen molar-refractivity contribution in [2.45, 2.75) is 81.1 Å². The van der Waals surface area contributed by atoms with Crippen LogP contribution in [0.25, 0.3) is 0 Å². The van der Waals surface area contributed by atoms with E-state index in [1.165, 1.54) is 12.8 Å². The fraction of sp³-hybridized carbons (Fsp3) is 0.889. The van der Waals surface area contributed by atoms with Gasteiger partial charge in [-0.2, -0.15) is 11.5 Å². The molecule has 0 aromatic heterocycles. The predicted octanol–water partition coefficient (Wildman–Crippen LogP) is 6.02. The van der Waals surface area contributed by atoms with Crippen LogP contribution in [0.5, 0.6) is 0 Å². The van der Waals surface area contributed by atoms with E-state index in [2.05, 4.69) is 69.2 Å². The van der Waals surface area contributed by atoms with E-state index in [0.717, 1.165) is 24.3 Å². The molecule has 0 fully saturated rings. The summed E-state index contributed by atoms with van der Waals surface area (Å²) < 4.78 is 0. The molecule has 4 radical (unpaired) electrons. The summed E-state index contributed by atoms with van der Waals surface area (Å²) in [6, 6.07) is 0. The average molecular weight is 439 g/mol. The SMILES string of the molecule is CC(C)(C)C[S-].CC(C)(C)C[S-].[CH2]CCC.[CH2]CCC.[Sn+2]. The molecule has 0 unspecified atom stereocenters. The molecule has 128 valence electrons. The molecule has 0 spiro atoms. The van der Waals surface area contributed by atoms with Crippen molar-refractivity contribution in [3.8, 4) is 0 Å². The van der Waals surface area contributed by atoms with Gasteiger partial charge in [0.15, 0.2) is 0 Å². The molecule has 0 N–H and O–H groups in total. The molecule has 0 rings (SSSR count). The minimum absolute atomic E-state index is 0. The third-order valence-electron chi connectivity index (χ3n) is 1.57. The maximum Gasteiger partial charge on any atom is 2.00 e. The minimum atomic E-state index is 0. The van der Waals surface area contributed by atoms with Crippen LogP contribution in [-0.2, 0) is 25.3 Å². The summed E-state index contributed by atoms with van der Waals surface area (Å²) in [5, 5.41) is 0. The van der Waals surface area contributed by atoms with Crippen LogP contribution in [0, 0.1) is 24.7 Å².